The number of ether oxygens (including phenoxy) is 2. The third-order valence-corrected chi connectivity index (χ3v) is 2.22. The Kier molecular flexibility index (Phi) is 7.61. The number of esters is 1. The number of Topliss-reactive ketones (excluding diaryl/α,β-unsaturated/α-hetero) is 1. The highest BCUT2D eigenvalue weighted by Gasteiger charge is 2.38. The van der Waals surface area contributed by atoms with Gasteiger partial charge in [-0.1, -0.05) is 6.92 Å². The minimum absolute atomic E-state index is 0.0488. The zero-order valence-corrected chi connectivity index (χ0v) is 10.2. The first-order valence-corrected chi connectivity index (χ1v) is 5.51. The average molecular weight is 252 g/mol. The third kappa shape index (κ3) is 5.21. The second kappa shape index (κ2) is 8.11. The molecule has 0 aliphatic carbocycles. The van der Waals surface area contributed by atoms with E-state index in [1.807, 2.05) is 0 Å². The standard InChI is InChI=1S/C11H18F2O4/c1-4-16-6-7(3)8(9(14)10(12)13)11(15)17-5-2/h7-8,10H,4-6H2,1-3H3. The van der Waals surface area contributed by atoms with Crippen LogP contribution in [0.5, 0.6) is 0 Å². The number of alkyl halides is 2. The van der Waals surface area contributed by atoms with Gasteiger partial charge in [0.1, 0.15) is 5.92 Å². The monoisotopic (exact) mass is 252 g/mol. The third-order valence-electron chi connectivity index (χ3n) is 2.22. The van der Waals surface area contributed by atoms with Crippen LogP contribution in [-0.4, -0.2) is 38.0 Å². The molecule has 0 aliphatic rings. The lowest BCUT2D eigenvalue weighted by Gasteiger charge is -2.20. The molecule has 0 aromatic heterocycles. The molecule has 0 saturated heterocycles. The summed E-state index contributed by atoms with van der Waals surface area (Å²) in [6.45, 7) is 5.31. The van der Waals surface area contributed by atoms with Crippen molar-refractivity contribution in [2.45, 2.75) is 27.2 Å². The predicted molar refractivity (Wildman–Crippen MR) is 56.8 cm³/mol. The minimum atomic E-state index is -3.17. The number of carbonyl (C=O) groups is 2. The molecule has 0 amide bonds. The van der Waals surface area contributed by atoms with Gasteiger partial charge in [-0.25, -0.2) is 8.78 Å². The van der Waals surface area contributed by atoms with Crippen LogP contribution in [0.2, 0.25) is 0 Å². The first kappa shape index (κ1) is 16.0. The van der Waals surface area contributed by atoms with Crippen molar-refractivity contribution in [3.05, 3.63) is 0 Å². The van der Waals surface area contributed by atoms with E-state index in [1.54, 1.807) is 13.8 Å². The van der Waals surface area contributed by atoms with Gasteiger partial charge in [0.15, 0.2) is 0 Å². The molecule has 0 aromatic rings. The van der Waals surface area contributed by atoms with Crippen LogP contribution in [0, 0.1) is 11.8 Å². The highest BCUT2D eigenvalue weighted by Crippen LogP contribution is 2.19. The Hall–Kier alpha value is -1.04. The second-order valence-electron chi connectivity index (χ2n) is 3.57. The Morgan fingerprint density at radius 1 is 1.18 bits per heavy atom. The molecule has 6 heteroatoms. The fourth-order valence-corrected chi connectivity index (χ4v) is 1.40. The van der Waals surface area contributed by atoms with E-state index < -0.39 is 30.0 Å². The van der Waals surface area contributed by atoms with Gasteiger partial charge in [-0.3, -0.25) is 9.59 Å². The smallest absolute Gasteiger partial charge is 0.317 e. The summed E-state index contributed by atoms with van der Waals surface area (Å²) in [4.78, 5) is 22.7. The number of hydrogen-bond acceptors (Lipinski definition) is 4. The van der Waals surface area contributed by atoms with Gasteiger partial charge in [0.2, 0.25) is 5.78 Å². The molecule has 0 radical (unpaired) electrons. The predicted octanol–water partition coefficient (Wildman–Crippen LogP) is 1.67. The largest absolute Gasteiger partial charge is 0.465 e. The van der Waals surface area contributed by atoms with E-state index in [9.17, 15) is 18.4 Å². The number of ketones is 1. The molecule has 0 rings (SSSR count). The van der Waals surface area contributed by atoms with Crippen LogP contribution in [0.4, 0.5) is 8.78 Å². The summed E-state index contributed by atoms with van der Waals surface area (Å²) in [6, 6.07) is 0. The molecule has 0 aliphatic heterocycles. The van der Waals surface area contributed by atoms with Crippen molar-refractivity contribution < 1.29 is 27.8 Å². The summed E-state index contributed by atoms with van der Waals surface area (Å²) in [5, 5.41) is 0. The maximum absolute atomic E-state index is 12.4. The molecule has 0 bridgehead atoms. The maximum Gasteiger partial charge on any atom is 0.317 e. The zero-order valence-electron chi connectivity index (χ0n) is 10.2. The molecule has 2 unspecified atom stereocenters. The lowest BCUT2D eigenvalue weighted by atomic mass is 9.90. The summed E-state index contributed by atoms with van der Waals surface area (Å²) in [7, 11) is 0. The zero-order chi connectivity index (χ0) is 13.4. The fourth-order valence-electron chi connectivity index (χ4n) is 1.40. The summed E-state index contributed by atoms with van der Waals surface area (Å²) < 4.78 is 34.4. The lowest BCUT2D eigenvalue weighted by molar-refractivity contribution is -0.158. The van der Waals surface area contributed by atoms with Gasteiger partial charge in [0.25, 0.3) is 6.43 Å². The maximum atomic E-state index is 12.4. The summed E-state index contributed by atoms with van der Waals surface area (Å²) >= 11 is 0. The minimum Gasteiger partial charge on any atom is -0.465 e. The molecule has 100 valence electrons. The molecule has 17 heavy (non-hydrogen) atoms. The summed E-state index contributed by atoms with van der Waals surface area (Å²) in [6.07, 6.45) is -3.17. The topological polar surface area (TPSA) is 52.6 Å². The van der Waals surface area contributed by atoms with Crippen molar-refractivity contribution in [2.24, 2.45) is 11.8 Å². The van der Waals surface area contributed by atoms with Gasteiger partial charge in [-0.15, -0.1) is 0 Å². The SMILES string of the molecule is CCOCC(C)C(C(=O)OCC)C(=O)C(F)F. The molecule has 0 heterocycles. The van der Waals surface area contributed by atoms with Crippen molar-refractivity contribution in [1.82, 2.24) is 0 Å². The highest BCUT2D eigenvalue weighted by molar-refractivity contribution is 6.00. The summed E-state index contributed by atoms with van der Waals surface area (Å²) in [5.74, 6) is -4.40. The van der Waals surface area contributed by atoms with Crippen LogP contribution < -0.4 is 0 Å². The van der Waals surface area contributed by atoms with E-state index in [1.165, 1.54) is 6.92 Å². The van der Waals surface area contributed by atoms with Crippen LogP contribution >= 0.6 is 0 Å². The lowest BCUT2D eigenvalue weighted by Crippen LogP contribution is -2.37. The van der Waals surface area contributed by atoms with Gasteiger partial charge >= 0.3 is 5.97 Å². The molecule has 0 spiro atoms. The second-order valence-corrected chi connectivity index (χ2v) is 3.57. The van der Waals surface area contributed by atoms with E-state index in [2.05, 4.69) is 4.74 Å². The Morgan fingerprint density at radius 2 is 1.76 bits per heavy atom. The molecule has 4 nitrogen and oxygen atoms in total. The first-order valence-electron chi connectivity index (χ1n) is 5.51. The van der Waals surface area contributed by atoms with Gasteiger partial charge < -0.3 is 9.47 Å². The number of carbonyl (C=O) groups excluding carboxylic acids is 2. The van der Waals surface area contributed by atoms with Crippen molar-refractivity contribution in [3.63, 3.8) is 0 Å². The molecular weight excluding hydrogens is 234 g/mol. The quantitative estimate of drug-likeness (QED) is 0.487. The molecule has 0 aromatic carbocycles. The average Bonchev–Trinajstić information content (AvgIpc) is 2.26. The number of halogens is 2. The molecule has 0 N–H and O–H groups in total. The van der Waals surface area contributed by atoms with Crippen molar-refractivity contribution in [3.8, 4) is 0 Å². The number of rotatable bonds is 8. The van der Waals surface area contributed by atoms with Crippen LogP contribution in [-0.2, 0) is 19.1 Å². The van der Waals surface area contributed by atoms with Crippen LogP contribution in [0.15, 0.2) is 0 Å². The van der Waals surface area contributed by atoms with Gasteiger partial charge in [0.05, 0.1) is 13.2 Å². The Balaban J connectivity index is 4.71. The van der Waals surface area contributed by atoms with E-state index in [0.29, 0.717) is 6.61 Å². The van der Waals surface area contributed by atoms with Crippen molar-refractivity contribution in [2.75, 3.05) is 19.8 Å². The Labute approximate surface area is 99.3 Å². The summed E-state index contributed by atoms with van der Waals surface area (Å²) in [5.41, 5.74) is 0. The van der Waals surface area contributed by atoms with Gasteiger partial charge in [-0.2, -0.15) is 0 Å². The van der Waals surface area contributed by atoms with E-state index >= 15 is 0 Å². The Bertz CT molecular complexity index is 256. The fraction of sp³-hybridized carbons (Fsp3) is 0.818. The van der Waals surface area contributed by atoms with E-state index in [-0.39, 0.29) is 13.2 Å². The van der Waals surface area contributed by atoms with Crippen LogP contribution in [0.1, 0.15) is 20.8 Å². The van der Waals surface area contributed by atoms with Gasteiger partial charge in [-0.05, 0) is 19.8 Å². The normalized spacial score (nSPS) is 14.5. The highest BCUT2D eigenvalue weighted by atomic mass is 19.3. The number of hydrogen-bond donors (Lipinski definition) is 0. The molecule has 0 saturated carbocycles. The van der Waals surface area contributed by atoms with E-state index in [4.69, 9.17) is 4.74 Å². The first-order chi connectivity index (χ1) is 7.95. The van der Waals surface area contributed by atoms with Crippen molar-refractivity contribution >= 4 is 11.8 Å². The van der Waals surface area contributed by atoms with E-state index in [0.717, 1.165) is 0 Å². The molecular formula is C11H18F2O4. The van der Waals surface area contributed by atoms with Gasteiger partial charge in [0, 0.05) is 6.61 Å². The molecule has 2 atom stereocenters. The van der Waals surface area contributed by atoms with Crippen molar-refractivity contribution in [1.29, 1.82) is 0 Å². The molecule has 0 fully saturated rings. The van der Waals surface area contributed by atoms with Crippen LogP contribution in [0.3, 0.4) is 0 Å². The van der Waals surface area contributed by atoms with Crippen LogP contribution in [0.25, 0.3) is 0 Å². The Morgan fingerprint density at radius 3 is 2.18 bits per heavy atom.